The minimum absolute atomic E-state index is 0.243. The Kier molecular flexibility index (Phi) is 47.4. The summed E-state index contributed by atoms with van der Waals surface area (Å²) in [6.45, 7) is 2.81. The molecule has 0 radical (unpaired) electrons. The van der Waals surface area contributed by atoms with Crippen LogP contribution in [0.1, 0.15) is 290 Å². The van der Waals surface area contributed by atoms with Crippen LogP contribution < -0.4 is 5.32 Å². The van der Waals surface area contributed by atoms with Gasteiger partial charge in [0.1, 0.15) is 48.8 Å². The second-order valence-corrected chi connectivity index (χ2v) is 23.6. The summed E-state index contributed by atoms with van der Waals surface area (Å²) in [6, 6.07) is -0.928. The van der Waals surface area contributed by atoms with Gasteiger partial charge in [0.2, 0.25) is 5.91 Å². The Labute approximate surface area is 481 Å². The SMILES string of the molecule is CCCCCCCCCCCC/C=C/CC/C=C/C(O)C(COC1OC(CO)C(OC2OC(CO)C(O)C(O)C2O)C(O)C1O)NC(=O)CCCCCCCCCCCCCCCCCCCCCCCCCCCCCCC. The van der Waals surface area contributed by atoms with Crippen LogP contribution in [0, 0.1) is 0 Å². The molecule has 2 fully saturated rings. The number of hydrogen-bond acceptors (Lipinski definition) is 13. The second-order valence-electron chi connectivity index (χ2n) is 23.6. The Morgan fingerprint density at radius 3 is 1.24 bits per heavy atom. The lowest BCUT2D eigenvalue weighted by molar-refractivity contribution is -0.359. The van der Waals surface area contributed by atoms with Gasteiger partial charge in [-0.05, 0) is 32.1 Å². The van der Waals surface area contributed by atoms with E-state index in [1.54, 1.807) is 6.08 Å². The first-order chi connectivity index (χ1) is 38.6. The predicted molar refractivity (Wildman–Crippen MR) is 318 cm³/mol. The van der Waals surface area contributed by atoms with Crippen LogP contribution in [0.4, 0.5) is 0 Å². The van der Waals surface area contributed by atoms with Crippen molar-refractivity contribution >= 4 is 5.91 Å². The number of aliphatic hydroxyl groups is 8. The lowest BCUT2D eigenvalue weighted by atomic mass is 9.97. The molecular formula is C65H123NO13. The van der Waals surface area contributed by atoms with Crippen LogP contribution in [0.2, 0.25) is 0 Å². The summed E-state index contributed by atoms with van der Waals surface area (Å²) in [5.74, 6) is -0.243. The number of aliphatic hydroxyl groups excluding tert-OH is 8. The predicted octanol–water partition coefficient (Wildman–Crippen LogP) is 12.4. The molecule has 2 rings (SSSR count). The number of ether oxygens (including phenoxy) is 4. The molecule has 0 aliphatic carbocycles. The second kappa shape index (κ2) is 50.9. The zero-order valence-electron chi connectivity index (χ0n) is 50.4. The molecule has 79 heavy (non-hydrogen) atoms. The van der Waals surface area contributed by atoms with Gasteiger partial charge < -0.3 is 65.1 Å². The summed E-state index contributed by atoms with van der Waals surface area (Å²) < 4.78 is 22.8. The van der Waals surface area contributed by atoms with Gasteiger partial charge in [0, 0.05) is 6.42 Å². The van der Waals surface area contributed by atoms with Crippen LogP contribution in [0.25, 0.3) is 0 Å². The van der Waals surface area contributed by atoms with Gasteiger partial charge in [-0.15, -0.1) is 0 Å². The molecule has 0 saturated carbocycles. The molecule has 466 valence electrons. The van der Waals surface area contributed by atoms with E-state index in [1.807, 2.05) is 6.08 Å². The maximum absolute atomic E-state index is 13.3. The highest BCUT2D eigenvalue weighted by Gasteiger charge is 2.51. The molecule has 0 spiro atoms. The first-order valence-corrected chi connectivity index (χ1v) is 33.1. The molecule has 1 amide bonds. The van der Waals surface area contributed by atoms with Gasteiger partial charge in [0.05, 0.1) is 32.0 Å². The molecule has 14 nitrogen and oxygen atoms in total. The van der Waals surface area contributed by atoms with Crippen molar-refractivity contribution in [3.8, 4) is 0 Å². The summed E-state index contributed by atoms with van der Waals surface area (Å²) in [5, 5.41) is 87.2. The van der Waals surface area contributed by atoms with E-state index in [4.69, 9.17) is 18.9 Å². The van der Waals surface area contributed by atoms with Gasteiger partial charge in [-0.25, -0.2) is 0 Å². The molecule has 0 aromatic heterocycles. The lowest BCUT2D eigenvalue weighted by Crippen LogP contribution is -2.65. The average Bonchev–Trinajstić information content (AvgIpc) is 3.47. The van der Waals surface area contributed by atoms with E-state index < -0.39 is 86.8 Å². The fourth-order valence-corrected chi connectivity index (χ4v) is 11.1. The summed E-state index contributed by atoms with van der Waals surface area (Å²) in [4.78, 5) is 13.3. The van der Waals surface area contributed by atoms with Crippen molar-refractivity contribution in [2.75, 3.05) is 19.8 Å². The standard InChI is InChI=1S/C65H123NO13/c1-3-5-7-9-11-13-15-17-19-21-22-23-24-25-26-27-28-29-30-31-32-33-35-37-39-41-43-45-47-49-57(70)66-53(54(69)48-46-44-42-40-38-36-34-20-18-16-14-12-10-8-6-4-2)52-76-64-62(75)60(73)63(56(51-68)78-64)79-65-61(74)59(72)58(71)55(50-67)77-65/h38,40,46,48,53-56,58-65,67-69,71-75H,3-37,39,41-45,47,49-52H2,1-2H3,(H,66,70)/b40-38+,48-46+. The van der Waals surface area contributed by atoms with Crippen LogP contribution in [-0.4, -0.2) is 140 Å². The van der Waals surface area contributed by atoms with Crippen molar-refractivity contribution in [3.05, 3.63) is 24.3 Å². The molecule has 0 bridgehead atoms. The third kappa shape index (κ3) is 36.0. The Morgan fingerprint density at radius 2 is 0.810 bits per heavy atom. The molecular weight excluding hydrogens is 1000 g/mol. The van der Waals surface area contributed by atoms with Crippen LogP contribution in [0.3, 0.4) is 0 Å². The third-order valence-corrected chi connectivity index (χ3v) is 16.4. The van der Waals surface area contributed by atoms with Gasteiger partial charge in [-0.3, -0.25) is 4.79 Å². The smallest absolute Gasteiger partial charge is 0.220 e. The van der Waals surface area contributed by atoms with Crippen LogP contribution in [-0.2, 0) is 23.7 Å². The van der Waals surface area contributed by atoms with E-state index in [-0.39, 0.29) is 18.9 Å². The number of nitrogens with one attached hydrogen (secondary N) is 1. The first kappa shape index (κ1) is 73.6. The average molecular weight is 1130 g/mol. The number of rotatable bonds is 54. The molecule has 0 aromatic rings. The summed E-state index contributed by atoms with van der Waals surface area (Å²) in [5.41, 5.74) is 0. The van der Waals surface area contributed by atoms with Gasteiger partial charge >= 0.3 is 0 Å². The van der Waals surface area contributed by atoms with Crippen molar-refractivity contribution in [1.82, 2.24) is 5.32 Å². The van der Waals surface area contributed by atoms with Gasteiger partial charge in [0.25, 0.3) is 0 Å². The Morgan fingerprint density at radius 1 is 0.443 bits per heavy atom. The molecule has 0 aromatic carbocycles. The molecule has 2 heterocycles. The Balaban J connectivity index is 1.67. The van der Waals surface area contributed by atoms with Crippen LogP contribution in [0.5, 0.6) is 0 Å². The number of unbranched alkanes of at least 4 members (excludes halogenated alkanes) is 39. The van der Waals surface area contributed by atoms with E-state index in [9.17, 15) is 45.6 Å². The summed E-state index contributed by atoms with van der Waals surface area (Å²) in [6.07, 6.45) is 45.3. The van der Waals surface area contributed by atoms with E-state index >= 15 is 0 Å². The zero-order chi connectivity index (χ0) is 57.4. The zero-order valence-corrected chi connectivity index (χ0v) is 50.4. The Bertz CT molecular complexity index is 1420. The first-order valence-electron chi connectivity index (χ1n) is 33.1. The highest BCUT2D eigenvalue weighted by atomic mass is 16.7. The summed E-state index contributed by atoms with van der Waals surface area (Å²) >= 11 is 0. The molecule has 12 unspecified atom stereocenters. The van der Waals surface area contributed by atoms with Crippen molar-refractivity contribution in [2.24, 2.45) is 0 Å². The van der Waals surface area contributed by atoms with Gasteiger partial charge in [-0.2, -0.15) is 0 Å². The fourth-order valence-electron chi connectivity index (χ4n) is 11.1. The normalized spacial score (nSPS) is 24.5. The van der Waals surface area contributed by atoms with Crippen LogP contribution in [0.15, 0.2) is 24.3 Å². The number of carbonyl (C=O) groups excluding carboxylic acids is 1. The molecule has 2 aliphatic rings. The largest absolute Gasteiger partial charge is 0.394 e. The van der Waals surface area contributed by atoms with Crippen molar-refractivity contribution in [2.45, 2.75) is 364 Å². The summed E-state index contributed by atoms with van der Waals surface area (Å²) in [7, 11) is 0. The van der Waals surface area contributed by atoms with E-state index in [2.05, 4.69) is 31.3 Å². The van der Waals surface area contributed by atoms with Gasteiger partial charge in [0.15, 0.2) is 12.6 Å². The molecule has 9 N–H and O–H groups in total. The molecule has 14 heteroatoms. The van der Waals surface area contributed by atoms with Crippen molar-refractivity contribution in [3.63, 3.8) is 0 Å². The molecule has 2 saturated heterocycles. The van der Waals surface area contributed by atoms with Crippen LogP contribution >= 0.6 is 0 Å². The maximum Gasteiger partial charge on any atom is 0.220 e. The van der Waals surface area contributed by atoms with E-state index in [1.165, 1.54) is 225 Å². The highest BCUT2D eigenvalue weighted by Crippen LogP contribution is 2.30. The monoisotopic (exact) mass is 1130 g/mol. The number of amides is 1. The molecule has 2 aliphatic heterocycles. The highest BCUT2D eigenvalue weighted by molar-refractivity contribution is 5.76. The third-order valence-electron chi connectivity index (χ3n) is 16.4. The fraction of sp³-hybridized carbons (Fsp3) is 0.923. The van der Waals surface area contributed by atoms with E-state index in [0.717, 1.165) is 32.1 Å². The number of hydrogen-bond donors (Lipinski definition) is 9. The van der Waals surface area contributed by atoms with E-state index in [0.29, 0.717) is 12.8 Å². The van der Waals surface area contributed by atoms with Gasteiger partial charge in [-0.1, -0.05) is 276 Å². The Hall–Kier alpha value is -1.53. The number of allylic oxidation sites excluding steroid dienone is 3. The minimum atomic E-state index is -1.79. The maximum atomic E-state index is 13.3. The topological polar surface area (TPSA) is 228 Å². The number of carbonyl (C=O) groups is 1. The van der Waals surface area contributed by atoms with Crippen molar-refractivity contribution in [1.29, 1.82) is 0 Å². The lowest BCUT2D eigenvalue weighted by Gasteiger charge is -2.46. The molecule has 12 atom stereocenters. The van der Waals surface area contributed by atoms with Crippen molar-refractivity contribution < 1.29 is 64.6 Å². The quantitative estimate of drug-likeness (QED) is 0.0204. The minimum Gasteiger partial charge on any atom is -0.394 e.